The Morgan fingerprint density at radius 1 is 1.21 bits per heavy atom. The van der Waals surface area contributed by atoms with Crippen LogP contribution >= 0.6 is 0 Å². The summed E-state index contributed by atoms with van der Waals surface area (Å²) >= 11 is 0. The van der Waals surface area contributed by atoms with Gasteiger partial charge in [0.15, 0.2) is 26.8 Å². The van der Waals surface area contributed by atoms with Crippen LogP contribution in [0.25, 0.3) is 0 Å². The first kappa shape index (κ1) is 18.3. The standard InChI is InChI=1S/C20H17NO6S/c1-2-25-19(22)20(11-21)17(13-8-9-15-16(10-13)27-12-26-15)18(20)28(23,24)14-6-4-3-5-7-14/h3-10,17-18H,2,12H2,1H3/t17-,18-,20-/m0/s1. The Morgan fingerprint density at radius 2 is 1.93 bits per heavy atom. The number of esters is 1. The quantitative estimate of drug-likeness (QED) is 0.712. The van der Waals surface area contributed by atoms with Gasteiger partial charge in [0, 0.05) is 5.92 Å². The molecule has 0 aromatic heterocycles. The Morgan fingerprint density at radius 3 is 2.61 bits per heavy atom. The first-order chi connectivity index (χ1) is 13.5. The molecule has 2 aromatic rings. The topological polar surface area (TPSA) is 103 Å². The predicted octanol–water partition coefficient (Wildman–Crippen LogP) is 2.43. The van der Waals surface area contributed by atoms with E-state index in [1.807, 2.05) is 6.07 Å². The van der Waals surface area contributed by atoms with Gasteiger partial charge in [-0.15, -0.1) is 0 Å². The van der Waals surface area contributed by atoms with E-state index in [0.29, 0.717) is 17.1 Å². The molecule has 2 aromatic carbocycles. The molecule has 144 valence electrons. The normalized spacial score (nSPS) is 25.0. The minimum absolute atomic E-state index is 0.0498. The SMILES string of the molecule is CCOC(=O)[C@@]1(C#N)[C@@H](c2ccc3c(c2)OCO3)[C@@H]1S(=O)(=O)c1ccccc1. The first-order valence-electron chi connectivity index (χ1n) is 8.73. The van der Waals surface area contributed by atoms with Crippen LogP contribution in [-0.2, 0) is 19.4 Å². The summed E-state index contributed by atoms with van der Waals surface area (Å²) in [4.78, 5) is 12.8. The number of nitrogens with zero attached hydrogens (tertiary/aromatic N) is 1. The molecule has 1 aliphatic heterocycles. The fourth-order valence-corrected chi connectivity index (χ4v) is 6.02. The number of benzene rings is 2. The maximum Gasteiger partial charge on any atom is 0.328 e. The highest BCUT2D eigenvalue weighted by Gasteiger charge is 2.77. The maximum atomic E-state index is 13.3. The summed E-state index contributed by atoms with van der Waals surface area (Å²) in [5.74, 6) is -0.706. The third kappa shape index (κ3) is 2.54. The van der Waals surface area contributed by atoms with E-state index in [-0.39, 0.29) is 18.3 Å². The van der Waals surface area contributed by atoms with E-state index in [0.717, 1.165) is 0 Å². The number of rotatable bonds is 5. The van der Waals surface area contributed by atoms with Crippen molar-refractivity contribution in [2.24, 2.45) is 5.41 Å². The van der Waals surface area contributed by atoms with E-state index >= 15 is 0 Å². The van der Waals surface area contributed by atoms with E-state index in [9.17, 15) is 18.5 Å². The molecule has 0 N–H and O–H groups in total. The molecule has 0 spiro atoms. The molecular formula is C20H17NO6S. The van der Waals surface area contributed by atoms with Gasteiger partial charge in [-0.25, -0.2) is 8.42 Å². The molecule has 0 saturated heterocycles. The monoisotopic (exact) mass is 399 g/mol. The van der Waals surface area contributed by atoms with Gasteiger partial charge >= 0.3 is 5.97 Å². The highest BCUT2D eigenvalue weighted by Crippen LogP contribution is 2.65. The molecule has 7 nitrogen and oxygen atoms in total. The first-order valence-corrected chi connectivity index (χ1v) is 10.3. The lowest BCUT2D eigenvalue weighted by Crippen LogP contribution is -2.25. The molecule has 0 unspecified atom stereocenters. The fraction of sp³-hybridized carbons (Fsp3) is 0.300. The van der Waals surface area contributed by atoms with Crippen molar-refractivity contribution >= 4 is 15.8 Å². The molecule has 1 heterocycles. The van der Waals surface area contributed by atoms with Gasteiger partial charge in [0.1, 0.15) is 5.25 Å². The summed E-state index contributed by atoms with van der Waals surface area (Å²) < 4.78 is 42.3. The average molecular weight is 399 g/mol. The van der Waals surface area contributed by atoms with Crippen molar-refractivity contribution in [1.29, 1.82) is 5.26 Å². The largest absolute Gasteiger partial charge is 0.465 e. The molecule has 0 amide bonds. The molecule has 2 aliphatic rings. The molecule has 3 atom stereocenters. The minimum atomic E-state index is -3.96. The third-order valence-corrected chi connectivity index (χ3v) is 7.33. The van der Waals surface area contributed by atoms with Crippen LogP contribution < -0.4 is 9.47 Å². The summed E-state index contributed by atoms with van der Waals surface area (Å²) in [5.41, 5.74) is -1.29. The van der Waals surface area contributed by atoms with E-state index < -0.39 is 32.4 Å². The van der Waals surface area contributed by atoms with Gasteiger partial charge in [-0.1, -0.05) is 24.3 Å². The summed E-state index contributed by atoms with van der Waals surface area (Å²) in [5, 5.41) is 8.64. The molecule has 8 heteroatoms. The van der Waals surface area contributed by atoms with Crippen LogP contribution in [0.2, 0.25) is 0 Å². The summed E-state index contributed by atoms with van der Waals surface area (Å²) in [7, 11) is -3.96. The van der Waals surface area contributed by atoms with Crippen LogP contribution in [0.4, 0.5) is 0 Å². The second-order valence-electron chi connectivity index (χ2n) is 6.57. The van der Waals surface area contributed by atoms with Crippen molar-refractivity contribution in [2.45, 2.75) is 23.0 Å². The Balaban J connectivity index is 1.83. The maximum absolute atomic E-state index is 13.3. The van der Waals surface area contributed by atoms with Crippen molar-refractivity contribution in [3.8, 4) is 17.6 Å². The lowest BCUT2D eigenvalue weighted by Gasteiger charge is -2.09. The minimum Gasteiger partial charge on any atom is -0.465 e. The van der Waals surface area contributed by atoms with Gasteiger partial charge in [0.25, 0.3) is 0 Å². The molecule has 1 fully saturated rings. The number of carbonyl (C=O) groups is 1. The molecule has 1 saturated carbocycles. The van der Waals surface area contributed by atoms with E-state index in [1.54, 1.807) is 43.3 Å². The number of hydrogen-bond donors (Lipinski definition) is 0. The highest BCUT2D eigenvalue weighted by molar-refractivity contribution is 7.92. The van der Waals surface area contributed by atoms with Gasteiger partial charge in [-0.3, -0.25) is 4.79 Å². The highest BCUT2D eigenvalue weighted by atomic mass is 32.2. The summed E-state index contributed by atoms with van der Waals surface area (Å²) in [6, 6.07) is 14.7. The van der Waals surface area contributed by atoms with Crippen molar-refractivity contribution in [1.82, 2.24) is 0 Å². The Hall–Kier alpha value is -3.05. The molecule has 28 heavy (non-hydrogen) atoms. The van der Waals surface area contributed by atoms with Crippen molar-refractivity contribution in [3.63, 3.8) is 0 Å². The van der Waals surface area contributed by atoms with E-state index in [4.69, 9.17) is 14.2 Å². The van der Waals surface area contributed by atoms with E-state index in [2.05, 4.69) is 0 Å². The number of carbonyl (C=O) groups excluding carboxylic acids is 1. The second-order valence-corrected chi connectivity index (χ2v) is 8.64. The fourth-order valence-electron chi connectivity index (χ4n) is 3.75. The molecule has 1 aliphatic carbocycles. The van der Waals surface area contributed by atoms with Gasteiger partial charge in [0.05, 0.1) is 17.6 Å². The van der Waals surface area contributed by atoms with Gasteiger partial charge < -0.3 is 14.2 Å². The van der Waals surface area contributed by atoms with Crippen molar-refractivity contribution in [2.75, 3.05) is 13.4 Å². The molecule has 0 radical (unpaired) electrons. The van der Waals surface area contributed by atoms with Crippen molar-refractivity contribution < 1.29 is 27.4 Å². The lowest BCUT2D eigenvalue weighted by molar-refractivity contribution is -0.147. The average Bonchev–Trinajstić information content (AvgIpc) is 3.21. The van der Waals surface area contributed by atoms with Crippen LogP contribution in [-0.4, -0.2) is 33.0 Å². The predicted molar refractivity (Wildman–Crippen MR) is 97.4 cm³/mol. The zero-order chi connectivity index (χ0) is 19.9. The second kappa shape index (κ2) is 6.53. The Kier molecular flexibility index (Phi) is 4.27. The molecule has 4 rings (SSSR count). The van der Waals surface area contributed by atoms with Gasteiger partial charge in [-0.2, -0.15) is 5.26 Å². The van der Waals surface area contributed by atoms with Crippen LogP contribution in [0, 0.1) is 16.7 Å². The number of hydrogen-bond acceptors (Lipinski definition) is 7. The third-order valence-electron chi connectivity index (χ3n) is 5.09. The van der Waals surface area contributed by atoms with Crippen LogP contribution in [0.15, 0.2) is 53.4 Å². The van der Waals surface area contributed by atoms with Crippen LogP contribution in [0.1, 0.15) is 18.4 Å². The summed E-state index contributed by atoms with van der Waals surface area (Å²) in [6.45, 7) is 1.73. The zero-order valence-electron chi connectivity index (χ0n) is 15.0. The molecular weight excluding hydrogens is 382 g/mol. The number of nitriles is 1. The summed E-state index contributed by atoms with van der Waals surface area (Å²) in [6.07, 6.45) is 0. The Bertz CT molecular complexity index is 1080. The van der Waals surface area contributed by atoms with Crippen molar-refractivity contribution in [3.05, 3.63) is 54.1 Å². The number of fused-ring (bicyclic) bond motifs is 1. The number of sulfone groups is 1. The van der Waals surface area contributed by atoms with Gasteiger partial charge in [0.2, 0.25) is 6.79 Å². The zero-order valence-corrected chi connectivity index (χ0v) is 15.8. The van der Waals surface area contributed by atoms with Crippen LogP contribution in [0.5, 0.6) is 11.5 Å². The number of ether oxygens (including phenoxy) is 3. The molecule has 0 bridgehead atoms. The Labute approximate surface area is 162 Å². The smallest absolute Gasteiger partial charge is 0.328 e. The lowest BCUT2D eigenvalue weighted by atomic mass is 10.0. The van der Waals surface area contributed by atoms with Gasteiger partial charge in [-0.05, 0) is 36.8 Å². The van der Waals surface area contributed by atoms with Crippen LogP contribution in [0.3, 0.4) is 0 Å². The van der Waals surface area contributed by atoms with E-state index in [1.165, 1.54) is 12.1 Å².